The van der Waals surface area contributed by atoms with Crippen LogP contribution in [-0.2, 0) is 6.54 Å². The zero-order valence-corrected chi connectivity index (χ0v) is 13.1. The molecule has 18 heavy (non-hydrogen) atoms. The molecule has 0 bridgehead atoms. The van der Waals surface area contributed by atoms with E-state index >= 15 is 0 Å². The second kappa shape index (κ2) is 7.65. The molecule has 3 heteroatoms. The summed E-state index contributed by atoms with van der Waals surface area (Å²) in [5, 5.41) is 3.50. The van der Waals surface area contributed by atoms with Gasteiger partial charge in [-0.3, -0.25) is 0 Å². The van der Waals surface area contributed by atoms with E-state index in [4.69, 9.17) is 0 Å². The smallest absolute Gasteiger partial charge is 0.0366 e. The second-order valence-electron chi connectivity index (χ2n) is 5.44. The number of nitrogens with zero attached hydrogens (tertiary/aromatic N) is 1. The molecule has 0 saturated heterocycles. The molecule has 0 amide bonds. The van der Waals surface area contributed by atoms with Gasteiger partial charge >= 0.3 is 0 Å². The minimum atomic E-state index is 0. The summed E-state index contributed by atoms with van der Waals surface area (Å²) in [5.41, 5.74) is 2.84. The molecule has 0 aliphatic rings. The molecule has 2 nitrogen and oxygen atoms in total. The van der Waals surface area contributed by atoms with Crippen LogP contribution in [0.3, 0.4) is 0 Å². The highest BCUT2D eigenvalue weighted by Crippen LogP contribution is 2.15. The van der Waals surface area contributed by atoms with E-state index in [9.17, 15) is 0 Å². The molecule has 0 unspecified atom stereocenters. The molecule has 1 N–H and O–H groups in total. The average Bonchev–Trinajstić information content (AvgIpc) is 2.29. The quantitative estimate of drug-likeness (QED) is 0.875. The lowest BCUT2D eigenvalue weighted by atomic mass is 10.1. The van der Waals surface area contributed by atoms with Crippen LogP contribution >= 0.6 is 12.4 Å². The molecule has 0 aromatic heterocycles. The van der Waals surface area contributed by atoms with Gasteiger partial charge in [-0.25, -0.2) is 0 Å². The highest BCUT2D eigenvalue weighted by atomic mass is 35.5. The first-order valence-electron chi connectivity index (χ1n) is 6.55. The van der Waals surface area contributed by atoms with Gasteiger partial charge in [-0.1, -0.05) is 12.1 Å². The second-order valence-corrected chi connectivity index (χ2v) is 5.44. The van der Waals surface area contributed by atoms with Crippen molar-refractivity contribution in [3.63, 3.8) is 0 Å². The Labute approximate surface area is 118 Å². The van der Waals surface area contributed by atoms with Crippen LogP contribution in [-0.4, -0.2) is 18.6 Å². The van der Waals surface area contributed by atoms with E-state index in [2.05, 4.69) is 69.1 Å². The molecule has 0 radical (unpaired) electrons. The lowest BCUT2D eigenvalue weighted by Crippen LogP contribution is -2.35. The van der Waals surface area contributed by atoms with Gasteiger partial charge in [0, 0.05) is 30.9 Å². The molecule has 0 spiro atoms. The maximum Gasteiger partial charge on any atom is 0.0366 e. The summed E-state index contributed by atoms with van der Waals surface area (Å²) in [6.45, 7) is 14.0. The van der Waals surface area contributed by atoms with Gasteiger partial charge in [0.15, 0.2) is 0 Å². The summed E-state index contributed by atoms with van der Waals surface area (Å²) in [5.74, 6) is 0. The largest absolute Gasteiger partial charge is 0.372 e. The van der Waals surface area contributed by atoms with E-state index in [0.29, 0.717) is 0 Å². The molecule has 0 aliphatic carbocycles. The maximum atomic E-state index is 3.50. The average molecular weight is 271 g/mol. The predicted octanol–water partition coefficient (Wildman–Crippen LogP) is 3.84. The van der Waals surface area contributed by atoms with Gasteiger partial charge in [-0.15, -0.1) is 12.4 Å². The third-order valence-electron chi connectivity index (χ3n) is 2.89. The monoisotopic (exact) mass is 270 g/mol. The molecule has 0 atom stereocenters. The van der Waals surface area contributed by atoms with Crippen LogP contribution in [0, 0.1) is 0 Å². The summed E-state index contributed by atoms with van der Waals surface area (Å²) in [6.07, 6.45) is 0. The van der Waals surface area contributed by atoms with E-state index in [1.54, 1.807) is 0 Å². The third-order valence-corrected chi connectivity index (χ3v) is 2.89. The van der Waals surface area contributed by atoms with E-state index in [0.717, 1.165) is 19.6 Å². The molecule has 0 heterocycles. The van der Waals surface area contributed by atoms with E-state index < -0.39 is 0 Å². The first-order chi connectivity index (χ1) is 7.96. The zero-order valence-electron chi connectivity index (χ0n) is 12.3. The topological polar surface area (TPSA) is 15.3 Å². The first-order valence-corrected chi connectivity index (χ1v) is 6.55. The number of rotatable bonds is 5. The van der Waals surface area contributed by atoms with E-state index in [-0.39, 0.29) is 17.9 Å². The highest BCUT2D eigenvalue weighted by molar-refractivity contribution is 5.85. The van der Waals surface area contributed by atoms with Crippen LogP contribution in [0.25, 0.3) is 0 Å². The Morgan fingerprint density at radius 2 is 1.50 bits per heavy atom. The zero-order chi connectivity index (χ0) is 12.9. The first kappa shape index (κ1) is 17.3. The van der Waals surface area contributed by atoms with Gasteiger partial charge in [-0.05, 0) is 52.3 Å². The van der Waals surface area contributed by atoms with Gasteiger partial charge < -0.3 is 10.2 Å². The van der Waals surface area contributed by atoms with Crippen molar-refractivity contribution in [2.75, 3.05) is 18.0 Å². The van der Waals surface area contributed by atoms with Gasteiger partial charge in [0.2, 0.25) is 0 Å². The molecular formula is C15H27ClN2. The van der Waals surface area contributed by atoms with Crippen LogP contribution in [0.15, 0.2) is 24.3 Å². The van der Waals surface area contributed by atoms with Gasteiger partial charge in [0.05, 0.1) is 0 Å². The van der Waals surface area contributed by atoms with Crippen molar-refractivity contribution in [3.05, 3.63) is 29.8 Å². The Morgan fingerprint density at radius 3 is 1.89 bits per heavy atom. The normalized spacial score (nSPS) is 10.9. The number of nitrogens with one attached hydrogen (secondary N) is 1. The third kappa shape index (κ3) is 5.74. The highest BCUT2D eigenvalue weighted by Gasteiger charge is 2.08. The summed E-state index contributed by atoms with van der Waals surface area (Å²) in [4.78, 5) is 2.36. The summed E-state index contributed by atoms with van der Waals surface area (Å²) >= 11 is 0. The van der Waals surface area contributed by atoms with Crippen LogP contribution in [0.5, 0.6) is 0 Å². The fraction of sp³-hybridized carbons (Fsp3) is 0.600. The predicted molar refractivity (Wildman–Crippen MR) is 83.8 cm³/mol. The van der Waals surface area contributed by atoms with Crippen molar-refractivity contribution < 1.29 is 0 Å². The fourth-order valence-electron chi connectivity index (χ4n) is 1.78. The van der Waals surface area contributed by atoms with E-state index in [1.807, 2.05) is 0 Å². The van der Waals surface area contributed by atoms with Crippen molar-refractivity contribution in [3.8, 4) is 0 Å². The number of benzene rings is 1. The van der Waals surface area contributed by atoms with Crippen LogP contribution in [0.1, 0.15) is 40.2 Å². The van der Waals surface area contributed by atoms with Crippen molar-refractivity contribution in [1.29, 1.82) is 0 Å². The lowest BCUT2D eigenvalue weighted by molar-refractivity contribution is 0.424. The van der Waals surface area contributed by atoms with Crippen LogP contribution < -0.4 is 10.2 Å². The Morgan fingerprint density at radius 1 is 1.00 bits per heavy atom. The lowest BCUT2D eigenvalue weighted by Gasteiger charge is -2.22. The Kier molecular flexibility index (Phi) is 7.34. The molecule has 1 rings (SSSR count). The van der Waals surface area contributed by atoms with Crippen molar-refractivity contribution in [1.82, 2.24) is 5.32 Å². The molecular weight excluding hydrogens is 244 g/mol. The maximum absolute atomic E-state index is 3.50. The molecule has 0 saturated carbocycles. The number of halogens is 1. The molecule has 1 aromatic carbocycles. The Hall–Kier alpha value is -0.730. The van der Waals surface area contributed by atoms with Gasteiger partial charge in [0.1, 0.15) is 0 Å². The fourth-order valence-corrected chi connectivity index (χ4v) is 1.78. The molecule has 0 fully saturated rings. The Bertz CT molecular complexity index is 323. The number of anilines is 1. The Balaban J connectivity index is 0.00000289. The van der Waals surface area contributed by atoms with Crippen LogP contribution in [0.2, 0.25) is 0 Å². The molecule has 104 valence electrons. The summed E-state index contributed by atoms with van der Waals surface area (Å²) in [7, 11) is 0. The van der Waals surface area contributed by atoms with Gasteiger partial charge in [-0.2, -0.15) is 0 Å². The van der Waals surface area contributed by atoms with Crippen LogP contribution in [0.4, 0.5) is 5.69 Å². The van der Waals surface area contributed by atoms with Crippen molar-refractivity contribution in [2.45, 2.75) is 46.7 Å². The summed E-state index contributed by atoms with van der Waals surface area (Å²) in [6, 6.07) is 8.86. The number of hydrogen-bond acceptors (Lipinski definition) is 2. The minimum absolute atomic E-state index is 0. The van der Waals surface area contributed by atoms with Gasteiger partial charge in [0.25, 0.3) is 0 Å². The standard InChI is InChI=1S/C15H26N2.ClH/c1-6-17(7-2)14-10-8-13(9-11-14)12-16-15(3,4)5;/h8-11,16H,6-7,12H2,1-5H3;1H. The molecule has 0 aliphatic heterocycles. The SMILES string of the molecule is CCN(CC)c1ccc(CNC(C)(C)C)cc1.Cl. The van der Waals surface area contributed by atoms with Crippen molar-refractivity contribution >= 4 is 18.1 Å². The number of hydrogen-bond donors (Lipinski definition) is 1. The minimum Gasteiger partial charge on any atom is -0.372 e. The summed E-state index contributed by atoms with van der Waals surface area (Å²) < 4.78 is 0. The van der Waals surface area contributed by atoms with E-state index in [1.165, 1.54) is 11.3 Å². The van der Waals surface area contributed by atoms with Crippen molar-refractivity contribution in [2.24, 2.45) is 0 Å². The molecule has 1 aromatic rings.